The van der Waals surface area contributed by atoms with E-state index in [1.165, 1.54) is 153 Å². The number of hydrogen-bond acceptors (Lipinski definition) is 8. The van der Waals surface area contributed by atoms with Gasteiger partial charge >= 0.3 is 5.97 Å². The Hall–Kier alpha value is 0.790. The van der Waals surface area contributed by atoms with Crippen LogP contribution in [0.3, 0.4) is 0 Å². The highest BCUT2D eigenvalue weighted by Crippen LogP contribution is 2.40. The molecule has 248 valence electrons. The first kappa shape index (κ1) is 39.0. The second-order valence-electron chi connectivity index (χ2n) is 12.2. The molecule has 42 heavy (non-hydrogen) atoms. The van der Waals surface area contributed by atoms with Crippen molar-refractivity contribution in [1.82, 2.24) is 0 Å². The summed E-state index contributed by atoms with van der Waals surface area (Å²) in [5, 5.41) is 1.77. The van der Waals surface area contributed by atoms with Crippen LogP contribution in [0.15, 0.2) is 0 Å². The fourth-order valence-corrected chi connectivity index (χ4v) is 11.6. The smallest absolute Gasteiger partial charge is 0.305 e. The molecule has 2 saturated heterocycles. The van der Waals surface area contributed by atoms with Gasteiger partial charge in [-0.3, -0.25) is 4.79 Å². The van der Waals surface area contributed by atoms with Crippen molar-refractivity contribution in [3.8, 4) is 0 Å². The van der Waals surface area contributed by atoms with Gasteiger partial charge < -0.3 is 14.2 Å². The summed E-state index contributed by atoms with van der Waals surface area (Å²) in [7, 11) is 8.21. The van der Waals surface area contributed by atoms with Crippen molar-refractivity contribution in [1.29, 1.82) is 0 Å². The first-order chi connectivity index (χ1) is 20.8. The first-order valence-corrected chi connectivity index (χ1v) is 22.5. The minimum atomic E-state index is 0.0136. The quantitative estimate of drug-likeness (QED) is 0.0314. The van der Waals surface area contributed by atoms with E-state index in [1.807, 2.05) is 21.6 Å². The molecule has 0 aromatic carbocycles. The number of carbonyl (C=O) groups is 1. The largest absolute Gasteiger partial charge is 0.466 e. The van der Waals surface area contributed by atoms with Gasteiger partial charge in [0, 0.05) is 41.6 Å². The molecule has 2 aliphatic rings. The molecular formula is C34H64O4S4. The van der Waals surface area contributed by atoms with Gasteiger partial charge in [-0.25, -0.2) is 0 Å². The van der Waals surface area contributed by atoms with Gasteiger partial charge in [0.2, 0.25) is 0 Å². The third-order valence-electron chi connectivity index (χ3n) is 8.29. The molecule has 0 aromatic rings. The highest BCUT2D eigenvalue weighted by molar-refractivity contribution is 8.77. The molecular weight excluding hydrogens is 601 g/mol. The molecule has 0 saturated carbocycles. The van der Waals surface area contributed by atoms with Gasteiger partial charge in [-0.05, 0) is 51.4 Å². The van der Waals surface area contributed by atoms with Gasteiger partial charge in [-0.1, -0.05) is 146 Å². The lowest BCUT2D eigenvalue weighted by molar-refractivity contribution is -0.143. The molecule has 0 amide bonds. The lowest BCUT2D eigenvalue weighted by Crippen LogP contribution is -2.05. The number of unbranched alkanes of at least 4 members (excludes halogenated alkanes) is 17. The van der Waals surface area contributed by atoms with Gasteiger partial charge in [0.1, 0.15) is 6.79 Å². The van der Waals surface area contributed by atoms with Crippen molar-refractivity contribution >= 4 is 49.1 Å². The molecule has 0 aliphatic carbocycles. The van der Waals surface area contributed by atoms with Gasteiger partial charge in [-0.2, -0.15) is 0 Å². The van der Waals surface area contributed by atoms with Crippen molar-refractivity contribution in [2.75, 3.05) is 38.1 Å². The van der Waals surface area contributed by atoms with E-state index in [0.717, 1.165) is 36.6 Å². The number of ether oxygens (including phenoxy) is 3. The molecule has 2 heterocycles. The van der Waals surface area contributed by atoms with Crippen LogP contribution in [0.2, 0.25) is 0 Å². The third-order valence-corrected chi connectivity index (χ3v) is 14.3. The van der Waals surface area contributed by atoms with Crippen LogP contribution in [-0.4, -0.2) is 54.6 Å². The van der Waals surface area contributed by atoms with E-state index in [-0.39, 0.29) is 5.97 Å². The van der Waals surface area contributed by atoms with E-state index in [1.54, 1.807) is 0 Å². The number of hydrogen-bond donors (Lipinski definition) is 0. The minimum absolute atomic E-state index is 0.0136. The zero-order valence-corrected chi connectivity index (χ0v) is 30.1. The van der Waals surface area contributed by atoms with Crippen LogP contribution >= 0.6 is 43.2 Å². The average molecular weight is 665 g/mol. The summed E-state index contributed by atoms with van der Waals surface area (Å²) in [6.07, 6.45) is 31.7. The van der Waals surface area contributed by atoms with E-state index >= 15 is 0 Å². The Morgan fingerprint density at radius 2 is 0.905 bits per heavy atom. The first-order valence-electron chi connectivity index (χ1n) is 17.7. The zero-order valence-electron chi connectivity index (χ0n) is 26.8. The van der Waals surface area contributed by atoms with Crippen LogP contribution in [0, 0.1) is 0 Å². The fourth-order valence-electron chi connectivity index (χ4n) is 5.56. The molecule has 2 aliphatic heterocycles. The molecule has 0 aromatic heterocycles. The Bertz CT molecular complexity index is 586. The van der Waals surface area contributed by atoms with Crippen molar-refractivity contribution in [3.63, 3.8) is 0 Å². The van der Waals surface area contributed by atoms with E-state index in [9.17, 15) is 4.79 Å². The highest BCUT2D eigenvalue weighted by atomic mass is 33.1. The van der Waals surface area contributed by atoms with Crippen molar-refractivity contribution < 1.29 is 19.0 Å². The van der Waals surface area contributed by atoms with E-state index in [0.29, 0.717) is 19.8 Å². The summed E-state index contributed by atoms with van der Waals surface area (Å²) in [6, 6.07) is 0. The molecule has 2 atom stereocenters. The van der Waals surface area contributed by atoms with Crippen LogP contribution in [0.5, 0.6) is 0 Å². The second-order valence-corrected chi connectivity index (χ2v) is 17.8. The van der Waals surface area contributed by atoms with Crippen LogP contribution in [-0.2, 0) is 19.0 Å². The fraction of sp³-hybridized carbons (Fsp3) is 0.971. The summed E-state index contributed by atoms with van der Waals surface area (Å²) in [5.41, 5.74) is 0. The van der Waals surface area contributed by atoms with Gasteiger partial charge in [0.05, 0.1) is 6.61 Å². The van der Waals surface area contributed by atoms with E-state index in [2.05, 4.69) is 21.6 Å². The third kappa shape index (κ3) is 25.0. The molecule has 0 spiro atoms. The van der Waals surface area contributed by atoms with Crippen LogP contribution < -0.4 is 0 Å². The average Bonchev–Trinajstić information content (AvgIpc) is 3.72. The van der Waals surface area contributed by atoms with E-state index < -0.39 is 0 Å². The van der Waals surface area contributed by atoms with Gasteiger partial charge in [0.15, 0.2) is 0 Å². The molecule has 4 nitrogen and oxygen atoms in total. The second kappa shape index (κ2) is 30.4. The molecule has 8 heteroatoms. The number of esters is 1. The topological polar surface area (TPSA) is 44.8 Å². The number of carbonyl (C=O) groups excluding carboxylic acids is 1. The lowest BCUT2D eigenvalue weighted by atomic mass is 10.0. The summed E-state index contributed by atoms with van der Waals surface area (Å²) >= 11 is 0. The SMILES string of the molecule is O=C(CCCCCC1CCSS1)OCCCCCCCCCCCCCCCCOCOCCCCCC1CCSS1. The maximum absolute atomic E-state index is 11.9. The number of rotatable bonds is 31. The monoisotopic (exact) mass is 664 g/mol. The lowest BCUT2D eigenvalue weighted by Gasteiger charge is -2.08. The Kier molecular flexibility index (Phi) is 28.2. The summed E-state index contributed by atoms with van der Waals surface area (Å²) in [5.74, 6) is 2.68. The summed E-state index contributed by atoms with van der Waals surface area (Å²) in [4.78, 5) is 11.9. The predicted molar refractivity (Wildman–Crippen MR) is 191 cm³/mol. The van der Waals surface area contributed by atoms with Crippen molar-refractivity contribution in [2.45, 2.75) is 171 Å². The zero-order chi connectivity index (χ0) is 29.6. The Morgan fingerprint density at radius 3 is 1.36 bits per heavy atom. The Balaban J connectivity index is 1.15. The molecule has 2 unspecified atom stereocenters. The normalized spacial score (nSPS) is 18.7. The van der Waals surface area contributed by atoms with Gasteiger partial charge in [-0.15, -0.1) is 0 Å². The molecule has 0 bridgehead atoms. The van der Waals surface area contributed by atoms with Crippen molar-refractivity contribution in [2.24, 2.45) is 0 Å². The standard InChI is InChI=1S/C34H64O4S4/c35-34(23-17-13-15-21-32-24-29-39-41-32)38-28-20-12-10-8-6-4-2-1-3-5-7-9-11-18-26-36-31-37-27-19-14-16-22-33-25-30-40-42-33/h32-33H,1-31H2. The molecule has 0 N–H and O–H groups in total. The van der Waals surface area contributed by atoms with Crippen LogP contribution in [0.25, 0.3) is 0 Å². The summed E-state index contributed by atoms with van der Waals surface area (Å²) < 4.78 is 16.7. The Morgan fingerprint density at radius 1 is 0.500 bits per heavy atom. The van der Waals surface area contributed by atoms with Crippen molar-refractivity contribution in [3.05, 3.63) is 0 Å². The Labute approximate surface area is 276 Å². The van der Waals surface area contributed by atoms with Crippen LogP contribution in [0.1, 0.15) is 161 Å². The van der Waals surface area contributed by atoms with Crippen LogP contribution in [0.4, 0.5) is 0 Å². The van der Waals surface area contributed by atoms with Gasteiger partial charge in [0.25, 0.3) is 0 Å². The highest BCUT2D eigenvalue weighted by Gasteiger charge is 2.16. The maximum atomic E-state index is 11.9. The molecule has 0 radical (unpaired) electrons. The minimum Gasteiger partial charge on any atom is -0.466 e. The molecule has 2 fully saturated rings. The predicted octanol–water partition coefficient (Wildman–Crippen LogP) is 11.8. The van der Waals surface area contributed by atoms with E-state index in [4.69, 9.17) is 14.2 Å². The summed E-state index contributed by atoms with van der Waals surface area (Å²) in [6.45, 7) is 2.80. The molecule has 2 rings (SSSR count). The maximum Gasteiger partial charge on any atom is 0.305 e.